The molecule has 2 heterocycles. The Bertz CT molecular complexity index is 845. The zero-order valence-electron chi connectivity index (χ0n) is 13.3. The molecule has 0 aliphatic carbocycles. The third-order valence-corrected chi connectivity index (χ3v) is 3.39. The summed E-state index contributed by atoms with van der Waals surface area (Å²) in [5, 5.41) is 11.2. The Morgan fingerprint density at radius 2 is 2.08 bits per heavy atom. The van der Waals surface area contributed by atoms with Gasteiger partial charge >= 0.3 is 0 Å². The van der Waals surface area contributed by atoms with Crippen molar-refractivity contribution in [2.24, 2.45) is 10.1 Å². The highest BCUT2D eigenvalue weighted by Crippen LogP contribution is 2.18. The van der Waals surface area contributed by atoms with E-state index in [0.717, 1.165) is 11.3 Å². The highest BCUT2D eigenvalue weighted by Gasteiger charge is 2.21. The summed E-state index contributed by atoms with van der Waals surface area (Å²) in [5.41, 5.74) is 7.19. The van der Waals surface area contributed by atoms with E-state index in [1.54, 1.807) is 6.07 Å². The number of hydrogen-bond donors (Lipinski definition) is 2. The van der Waals surface area contributed by atoms with E-state index in [0.29, 0.717) is 28.6 Å². The van der Waals surface area contributed by atoms with Gasteiger partial charge in [0, 0.05) is 11.6 Å². The highest BCUT2D eigenvalue weighted by molar-refractivity contribution is 6.54. The standard InChI is InChI=1S/C18H17N5O/c1-4-15(12(2)19-16-10-11-24-23-16)20-17-13(3)21-22-18(17)14-8-6-5-7-9-14/h4-11,21H,2-3H2,1H3,(H,19,23)/b15-4-,20-17?. The minimum atomic E-state index is 0.569. The Labute approximate surface area is 140 Å². The number of allylic oxidation sites excluding steroid dienone is 2. The molecule has 0 unspecified atom stereocenters. The number of benzene rings is 1. The van der Waals surface area contributed by atoms with Gasteiger partial charge in [-0.25, -0.2) is 4.99 Å². The molecule has 24 heavy (non-hydrogen) atoms. The molecule has 0 atom stereocenters. The number of nitrogens with one attached hydrogen (secondary N) is 2. The molecule has 6 heteroatoms. The van der Waals surface area contributed by atoms with Crippen LogP contribution >= 0.6 is 0 Å². The number of rotatable bonds is 5. The molecular weight excluding hydrogens is 302 g/mol. The van der Waals surface area contributed by atoms with E-state index >= 15 is 0 Å². The lowest BCUT2D eigenvalue weighted by molar-refractivity contribution is 0.422. The Hall–Kier alpha value is -3.41. The van der Waals surface area contributed by atoms with Crippen molar-refractivity contribution in [1.82, 2.24) is 10.6 Å². The number of hydrogen-bond acceptors (Lipinski definition) is 6. The van der Waals surface area contributed by atoms with Crippen molar-refractivity contribution in [2.45, 2.75) is 6.92 Å². The summed E-state index contributed by atoms with van der Waals surface area (Å²) >= 11 is 0. The van der Waals surface area contributed by atoms with Gasteiger partial charge in [-0.1, -0.05) is 54.7 Å². The minimum Gasteiger partial charge on any atom is -0.363 e. The van der Waals surface area contributed by atoms with Gasteiger partial charge in [-0.15, -0.1) is 0 Å². The van der Waals surface area contributed by atoms with Gasteiger partial charge in [0.15, 0.2) is 5.82 Å². The van der Waals surface area contributed by atoms with Crippen molar-refractivity contribution in [1.29, 1.82) is 0 Å². The highest BCUT2D eigenvalue weighted by atomic mass is 16.5. The average Bonchev–Trinajstić information content (AvgIpc) is 3.23. The third kappa shape index (κ3) is 3.17. The van der Waals surface area contributed by atoms with E-state index in [1.807, 2.05) is 43.3 Å². The number of aliphatic imine (C=N–C) groups is 1. The summed E-state index contributed by atoms with van der Waals surface area (Å²) in [5.74, 6) is 0.569. The summed E-state index contributed by atoms with van der Waals surface area (Å²) in [6.45, 7) is 9.87. The zero-order valence-corrected chi connectivity index (χ0v) is 13.3. The first-order valence-corrected chi connectivity index (χ1v) is 7.39. The largest absolute Gasteiger partial charge is 0.363 e. The van der Waals surface area contributed by atoms with Crippen LogP contribution in [0, 0.1) is 0 Å². The Kier molecular flexibility index (Phi) is 4.38. The second kappa shape index (κ2) is 6.78. The zero-order chi connectivity index (χ0) is 16.9. The molecule has 0 fully saturated rings. The lowest BCUT2D eigenvalue weighted by Gasteiger charge is -2.09. The fourth-order valence-electron chi connectivity index (χ4n) is 2.21. The summed E-state index contributed by atoms with van der Waals surface area (Å²) in [4.78, 5) is 4.68. The molecule has 0 spiro atoms. The predicted molar refractivity (Wildman–Crippen MR) is 95.7 cm³/mol. The quantitative estimate of drug-likeness (QED) is 0.828. The topological polar surface area (TPSA) is 74.8 Å². The van der Waals surface area contributed by atoms with Crippen LogP contribution < -0.4 is 10.7 Å². The van der Waals surface area contributed by atoms with Gasteiger partial charge < -0.3 is 9.84 Å². The molecule has 0 radical (unpaired) electrons. The molecule has 1 aromatic carbocycles. The van der Waals surface area contributed by atoms with Crippen LogP contribution in [0.5, 0.6) is 0 Å². The number of nitrogens with zero attached hydrogens (tertiary/aromatic N) is 3. The van der Waals surface area contributed by atoms with Crippen molar-refractivity contribution in [3.8, 4) is 0 Å². The van der Waals surface area contributed by atoms with Crippen LogP contribution in [0.3, 0.4) is 0 Å². The minimum absolute atomic E-state index is 0.569. The van der Waals surface area contributed by atoms with E-state index in [-0.39, 0.29) is 0 Å². The maximum absolute atomic E-state index is 4.80. The first kappa shape index (κ1) is 15.5. The number of aromatic nitrogens is 1. The maximum Gasteiger partial charge on any atom is 0.173 e. The second-order valence-corrected chi connectivity index (χ2v) is 5.04. The van der Waals surface area contributed by atoms with Crippen molar-refractivity contribution in [2.75, 3.05) is 5.32 Å². The van der Waals surface area contributed by atoms with E-state index < -0.39 is 0 Å². The van der Waals surface area contributed by atoms with E-state index in [4.69, 9.17) is 4.52 Å². The van der Waals surface area contributed by atoms with E-state index in [2.05, 4.69) is 39.2 Å². The lowest BCUT2D eigenvalue weighted by atomic mass is 10.1. The van der Waals surface area contributed by atoms with Gasteiger partial charge in [-0.05, 0) is 6.92 Å². The van der Waals surface area contributed by atoms with Crippen molar-refractivity contribution >= 4 is 17.2 Å². The van der Waals surface area contributed by atoms with Crippen LogP contribution in [0.25, 0.3) is 0 Å². The van der Waals surface area contributed by atoms with E-state index in [9.17, 15) is 0 Å². The number of anilines is 1. The lowest BCUT2D eigenvalue weighted by Crippen LogP contribution is -2.15. The fraction of sp³-hybridized carbons (Fsp3) is 0.0556. The molecule has 0 saturated heterocycles. The molecule has 2 N–H and O–H groups in total. The van der Waals surface area contributed by atoms with Crippen molar-refractivity contribution < 1.29 is 4.52 Å². The molecule has 120 valence electrons. The Morgan fingerprint density at radius 1 is 1.29 bits per heavy atom. The van der Waals surface area contributed by atoms with Gasteiger partial charge in [-0.2, -0.15) is 5.10 Å². The summed E-state index contributed by atoms with van der Waals surface area (Å²) < 4.78 is 4.80. The maximum atomic E-state index is 4.80. The molecule has 1 aliphatic heterocycles. The summed E-state index contributed by atoms with van der Waals surface area (Å²) in [6, 6.07) is 11.5. The van der Waals surface area contributed by atoms with Gasteiger partial charge in [-0.3, -0.25) is 5.43 Å². The Morgan fingerprint density at radius 3 is 2.75 bits per heavy atom. The first-order chi connectivity index (χ1) is 11.7. The molecule has 0 amide bonds. The molecule has 1 aromatic heterocycles. The van der Waals surface area contributed by atoms with E-state index in [1.165, 1.54) is 6.26 Å². The number of hydrazone groups is 1. The molecule has 0 saturated carbocycles. The van der Waals surface area contributed by atoms with Crippen LogP contribution in [0.4, 0.5) is 5.82 Å². The second-order valence-electron chi connectivity index (χ2n) is 5.04. The van der Waals surface area contributed by atoms with Crippen LogP contribution in [0.1, 0.15) is 12.5 Å². The van der Waals surface area contributed by atoms with Crippen molar-refractivity contribution in [3.63, 3.8) is 0 Å². The van der Waals surface area contributed by atoms with Gasteiger partial charge in [0.05, 0.1) is 17.1 Å². The van der Waals surface area contributed by atoms with Gasteiger partial charge in [0.1, 0.15) is 17.7 Å². The molecule has 0 bridgehead atoms. The Balaban J connectivity index is 1.88. The molecule has 1 aliphatic rings. The van der Waals surface area contributed by atoms with Crippen LogP contribution in [0.15, 0.2) is 93.6 Å². The first-order valence-electron chi connectivity index (χ1n) is 7.39. The third-order valence-electron chi connectivity index (χ3n) is 3.39. The fourth-order valence-corrected chi connectivity index (χ4v) is 2.21. The molecule has 2 aromatic rings. The summed E-state index contributed by atoms with van der Waals surface area (Å²) in [7, 11) is 0. The SMILES string of the molecule is C=C1NN=C(c2ccccc2)C1=N/C(=C\C)C(=C)Nc1ccon1. The molecular formula is C18H17N5O. The van der Waals surface area contributed by atoms with Crippen LogP contribution in [-0.2, 0) is 0 Å². The smallest absolute Gasteiger partial charge is 0.173 e. The van der Waals surface area contributed by atoms with Crippen LogP contribution in [-0.4, -0.2) is 16.6 Å². The van der Waals surface area contributed by atoms with Crippen LogP contribution in [0.2, 0.25) is 0 Å². The average molecular weight is 319 g/mol. The monoisotopic (exact) mass is 319 g/mol. The molecule has 3 rings (SSSR count). The van der Waals surface area contributed by atoms with Crippen molar-refractivity contribution in [3.05, 3.63) is 84.5 Å². The predicted octanol–water partition coefficient (Wildman–Crippen LogP) is 3.47. The van der Waals surface area contributed by atoms with Gasteiger partial charge in [0.2, 0.25) is 0 Å². The van der Waals surface area contributed by atoms with Gasteiger partial charge in [0.25, 0.3) is 0 Å². The normalized spacial score (nSPS) is 16.0. The summed E-state index contributed by atoms with van der Waals surface area (Å²) in [6.07, 6.45) is 3.34. The molecule has 6 nitrogen and oxygen atoms in total.